The molecule has 1 fully saturated rings. The number of hydrogen-bond acceptors (Lipinski definition) is 5. The van der Waals surface area contributed by atoms with Crippen LogP contribution in [-0.4, -0.2) is 37.2 Å². The lowest BCUT2D eigenvalue weighted by atomic mass is 10.0. The Balaban J connectivity index is 1.90. The number of carbonyl (C=O) groups is 3. The van der Waals surface area contributed by atoms with E-state index in [4.69, 9.17) is 9.47 Å². The summed E-state index contributed by atoms with van der Waals surface area (Å²) in [5.74, 6) is -0.619. The Morgan fingerprint density at radius 2 is 1.78 bits per heavy atom. The molecule has 0 bridgehead atoms. The smallest absolute Gasteiger partial charge is 0.408 e. The largest absolute Gasteiger partial charge is 0.467 e. The van der Waals surface area contributed by atoms with E-state index < -0.39 is 30.1 Å². The van der Waals surface area contributed by atoms with E-state index in [1.165, 1.54) is 7.11 Å². The van der Waals surface area contributed by atoms with E-state index in [1.807, 2.05) is 44.2 Å². The summed E-state index contributed by atoms with van der Waals surface area (Å²) in [5, 5.41) is 5.31. The summed E-state index contributed by atoms with van der Waals surface area (Å²) in [6, 6.07) is 7.78. The highest BCUT2D eigenvalue weighted by Crippen LogP contribution is 2.33. The Bertz CT molecular complexity index is 643. The molecular formula is C20H28N2O5. The highest BCUT2D eigenvalue weighted by molar-refractivity contribution is 5.89. The second kappa shape index (κ2) is 9.94. The van der Waals surface area contributed by atoms with Gasteiger partial charge in [-0.2, -0.15) is 0 Å². The van der Waals surface area contributed by atoms with Gasteiger partial charge >= 0.3 is 12.1 Å². The number of alkyl carbamates (subject to hydrolysis) is 1. The number of amides is 2. The number of ether oxygens (including phenoxy) is 2. The first-order valence-electron chi connectivity index (χ1n) is 9.26. The van der Waals surface area contributed by atoms with Gasteiger partial charge in [-0.3, -0.25) is 4.79 Å². The molecule has 27 heavy (non-hydrogen) atoms. The van der Waals surface area contributed by atoms with Crippen molar-refractivity contribution in [3.63, 3.8) is 0 Å². The number of benzene rings is 1. The van der Waals surface area contributed by atoms with Crippen LogP contribution in [0.15, 0.2) is 30.3 Å². The second-order valence-corrected chi connectivity index (χ2v) is 7.19. The highest BCUT2D eigenvalue weighted by Gasteiger charge is 2.33. The molecule has 148 valence electrons. The molecule has 2 amide bonds. The van der Waals surface area contributed by atoms with Crippen molar-refractivity contribution in [3.8, 4) is 0 Å². The van der Waals surface area contributed by atoms with Crippen LogP contribution in [0.5, 0.6) is 0 Å². The van der Waals surface area contributed by atoms with Gasteiger partial charge in [0, 0.05) is 0 Å². The number of nitrogens with one attached hydrogen (secondary N) is 2. The zero-order valence-corrected chi connectivity index (χ0v) is 16.1. The number of carbonyl (C=O) groups excluding carboxylic acids is 3. The molecule has 0 unspecified atom stereocenters. The fraction of sp³-hybridized carbons (Fsp3) is 0.550. The summed E-state index contributed by atoms with van der Waals surface area (Å²) in [6.07, 6.45) is 1.99. The molecule has 7 nitrogen and oxygen atoms in total. The van der Waals surface area contributed by atoms with Crippen molar-refractivity contribution in [2.45, 2.75) is 51.8 Å². The van der Waals surface area contributed by atoms with E-state index in [-0.39, 0.29) is 12.5 Å². The van der Waals surface area contributed by atoms with Crippen LogP contribution < -0.4 is 10.6 Å². The van der Waals surface area contributed by atoms with Gasteiger partial charge in [-0.1, -0.05) is 57.0 Å². The van der Waals surface area contributed by atoms with Crippen LogP contribution in [0.2, 0.25) is 0 Å². The lowest BCUT2D eigenvalue weighted by Crippen LogP contribution is -2.54. The Morgan fingerprint density at radius 1 is 1.11 bits per heavy atom. The molecule has 0 heterocycles. The predicted molar refractivity (Wildman–Crippen MR) is 99.7 cm³/mol. The van der Waals surface area contributed by atoms with Crippen molar-refractivity contribution in [3.05, 3.63) is 35.9 Å². The van der Waals surface area contributed by atoms with E-state index in [1.54, 1.807) is 0 Å². The van der Waals surface area contributed by atoms with Gasteiger partial charge in [0.15, 0.2) is 0 Å². The number of hydrogen-bond donors (Lipinski definition) is 2. The zero-order valence-electron chi connectivity index (χ0n) is 16.1. The van der Waals surface area contributed by atoms with Crippen molar-refractivity contribution in [2.75, 3.05) is 7.11 Å². The van der Waals surface area contributed by atoms with Crippen LogP contribution in [0, 0.1) is 11.8 Å². The molecular weight excluding hydrogens is 348 g/mol. The van der Waals surface area contributed by atoms with Crippen molar-refractivity contribution in [1.29, 1.82) is 0 Å². The molecule has 1 aliphatic rings. The average molecular weight is 376 g/mol. The lowest BCUT2D eigenvalue weighted by Gasteiger charge is -2.24. The van der Waals surface area contributed by atoms with E-state index in [2.05, 4.69) is 10.6 Å². The summed E-state index contributed by atoms with van der Waals surface area (Å²) < 4.78 is 9.97. The monoisotopic (exact) mass is 376 g/mol. The Hall–Kier alpha value is -2.57. The fourth-order valence-electron chi connectivity index (χ4n) is 2.73. The maximum atomic E-state index is 12.6. The molecule has 2 rings (SSSR count). The zero-order chi connectivity index (χ0) is 19.8. The number of esters is 1. The fourth-order valence-corrected chi connectivity index (χ4v) is 2.73. The second-order valence-electron chi connectivity index (χ2n) is 7.19. The van der Waals surface area contributed by atoms with Crippen LogP contribution in [0.3, 0.4) is 0 Å². The normalized spacial score (nSPS) is 15.6. The van der Waals surface area contributed by atoms with Crippen molar-refractivity contribution in [1.82, 2.24) is 10.6 Å². The first-order chi connectivity index (χ1) is 12.9. The molecule has 1 aliphatic carbocycles. The lowest BCUT2D eigenvalue weighted by molar-refractivity contribution is -0.145. The maximum Gasteiger partial charge on any atom is 0.408 e. The van der Waals surface area contributed by atoms with E-state index in [0.717, 1.165) is 18.4 Å². The quantitative estimate of drug-likeness (QED) is 0.646. The van der Waals surface area contributed by atoms with Gasteiger partial charge in [0.25, 0.3) is 0 Å². The molecule has 0 radical (unpaired) electrons. The predicted octanol–water partition coefficient (Wildman–Crippen LogP) is 2.40. The minimum Gasteiger partial charge on any atom is -0.467 e. The molecule has 2 N–H and O–H groups in total. The van der Waals surface area contributed by atoms with Crippen molar-refractivity contribution in [2.24, 2.45) is 11.8 Å². The Morgan fingerprint density at radius 3 is 2.33 bits per heavy atom. The molecule has 1 aromatic rings. The summed E-state index contributed by atoms with van der Waals surface area (Å²) in [4.78, 5) is 36.7. The van der Waals surface area contributed by atoms with Crippen LogP contribution >= 0.6 is 0 Å². The molecule has 1 saturated carbocycles. The van der Waals surface area contributed by atoms with E-state index in [0.29, 0.717) is 12.3 Å². The average Bonchev–Trinajstić information content (AvgIpc) is 3.47. The SMILES string of the molecule is COC(=O)[C@@H](CC1CC1)NC(=O)[C@H](NC(=O)OCc1ccccc1)C(C)C. The number of methoxy groups -OCH3 is 1. The van der Waals surface area contributed by atoms with Crippen LogP contribution in [0.25, 0.3) is 0 Å². The van der Waals surface area contributed by atoms with Gasteiger partial charge in [0.05, 0.1) is 7.11 Å². The minimum atomic E-state index is -0.806. The summed E-state index contributed by atoms with van der Waals surface area (Å²) in [5.41, 5.74) is 0.855. The van der Waals surface area contributed by atoms with Crippen LogP contribution in [0.4, 0.5) is 4.79 Å². The third-order valence-electron chi connectivity index (χ3n) is 4.50. The standard InChI is InChI=1S/C20H28N2O5/c1-13(2)17(22-20(25)27-12-15-7-5-4-6-8-15)18(23)21-16(19(24)26-3)11-14-9-10-14/h4-8,13-14,16-17H,9-12H2,1-3H3,(H,21,23)(H,22,25)/t16-,17-/m1/s1. The molecule has 0 spiro atoms. The topological polar surface area (TPSA) is 93.7 Å². The molecule has 1 aromatic carbocycles. The first-order valence-corrected chi connectivity index (χ1v) is 9.26. The van der Waals surface area contributed by atoms with Crippen molar-refractivity contribution >= 4 is 18.0 Å². The van der Waals surface area contributed by atoms with Gasteiger partial charge in [-0.05, 0) is 23.8 Å². The Labute approximate surface area is 159 Å². The Kier molecular flexibility index (Phi) is 7.64. The summed E-state index contributed by atoms with van der Waals surface area (Å²) >= 11 is 0. The third-order valence-corrected chi connectivity index (χ3v) is 4.50. The molecule has 0 aliphatic heterocycles. The van der Waals surface area contributed by atoms with Gasteiger partial charge in [0.1, 0.15) is 18.7 Å². The molecule has 7 heteroatoms. The summed E-state index contributed by atoms with van der Waals surface area (Å²) in [6.45, 7) is 3.75. The van der Waals surface area contributed by atoms with E-state index in [9.17, 15) is 14.4 Å². The number of rotatable bonds is 9. The highest BCUT2D eigenvalue weighted by atomic mass is 16.5. The van der Waals surface area contributed by atoms with Crippen LogP contribution in [-0.2, 0) is 25.7 Å². The first kappa shape index (κ1) is 20.7. The van der Waals surface area contributed by atoms with Gasteiger partial charge in [-0.25, -0.2) is 9.59 Å². The van der Waals surface area contributed by atoms with Crippen molar-refractivity contribution < 1.29 is 23.9 Å². The van der Waals surface area contributed by atoms with E-state index >= 15 is 0 Å². The third kappa shape index (κ3) is 6.92. The molecule has 0 aromatic heterocycles. The van der Waals surface area contributed by atoms with Gasteiger partial charge < -0.3 is 20.1 Å². The van der Waals surface area contributed by atoms with Crippen LogP contribution in [0.1, 0.15) is 38.7 Å². The molecule has 0 saturated heterocycles. The minimum absolute atomic E-state index is 0.117. The summed E-state index contributed by atoms with van der Waals surface area (Å²) in [7, 11) is 1.30. The molecule has 2 atom stereocenters. The van der Waals surface area contributed by atoms with Gasteiger partial charge in [0.2, 0.25) is 5.91 Å². The van der Waals surface area contributed by atoms with Gasteiger partial charge in [-0.15, -0.1) is 0 Å². The maximum absolute atomic E-state index is 12.6.